The summed E-state index contributed by atoms with van der Waals surface area (Å²) in [4.78, 5) is 13.5. The van der Waals surface area contributed by atoms with Crippen molar-refractivity contribution in [3.05, 3.63) is 67.9 Å². The molecule has 1 saturated heterocycles. The van der Waals surface area contributed by atoms with Crippen LogP contribution in [0.5, 0.6) is 0 Å². The Labute approximate surface area is 209 Å². The average molecular weight is 562 g/mol. The molecule has 2 heterocycles. The maximum absolute atomic E-state index is 14.2. The predicted molar refractivity (Wildman–Crippen MR) is 120 cm³/mol. The number of carbonyl (C=O) groups is 1. The Morgan fingerprint density at radius 1 is 1.06 bits per heavy atom. The lowest BCUT2D eigenvalue weighted by Gasteiger charge is -2.30. The van der Waals surface area contributed by atoms with Crippen LogP contribution in [0, 0.1) is 5.82 Å². The lowest BCUT2D eigenvalue weighted by atomic mass is 9.89. The number of alkyl halides is 5. The molecule has 2 aliphatic heterocycles. The van der Waals surface area contributed by atoms with Crippen LogP contribution in [0.15, 0.2) is 34.7 Å². The second kappa shape index (κ2) is 8.80. The second-order valence-electron chi connectivity index (χ2n) is 7.91. The van der Waals surface area contributed by atoms with E-state index < -0.39 is 58.0 Å². The van der Waals surface area contributed by atoms with Crippen LogP contribution in [0.1, 0.15) is 34.3 Å². The first-order chi connectivity index (χ1) is 15.7. The maximum Gasteiger partial charge on any atom is 0.409 e. The van der Waals surface area contributed by atoms with Gasteiger partial charge in [-0.25, -0.2) is 17.6 Å². The molecule has 4 rings (SSSR count). The molecule has 13 heteroatoms. The zero-order valence-corrected chi connectivity index (χ0v) is 19.9. The van der Waals surface area contributed by atoms with Gasteiger partial charge in [-0.2, -0.15) is 13.2 Å². The van der Waals surface area contributed by atoms with Crippen molar-refractivity contribution in [3.63, 3.8) is 0 Å². The van der Waals surface area contributed by atoms with E-state index in [1.54, 1.807) is 0 Å². The molecule has 2 aliphatic rings. The molecule has 1 unspecified atom stereocenters. The Hall–Kier alpha value is -1.62. The van der Waals surface area contributed by atoms with E-state index in [1.807, 2.05) is 0 Å². The molecule has 34 heavy (non-hydrogen) atoms. The minimum atomic E-state index is -4.81. The van der Waals surface area contributed by atoms with E-state index in [4.69, 9.17) is 34.8 Å². The molecule has 2 aromatic rings. The van der Waals surface area contributed by atoms with Crippen LogP contribution in [0.2, 0.25) is 15.1 Å². The van der Waals surface area contributed by atoms with E-state index in [2.05, 4.69) is 4.40 Å². The van der Waals surface area contributed by atoms with Gasteiger partial charge in [0.15, 0.2) is 10.6 Å². The summed E-state index contributed by atoms with van der Waals surface area (Å²) >= 11 is 17.9. The van der Waals surface area contributed by atoms with Gasteiger partial charge in [0.1, 0.15) is 0 Å². The van der Waals surface area contributed by atoms with Crippen molar-refractivity contribution in [2.45, 2.75) is 29.7 Å². The lowest BCUT2D eigenvalue weighted by molar-refractivity contribution is -0.159. The quantitative estimate of drug-likeness (QED) is 0.220. The highest BCUT2D eigenvalue weighted by atomic mass is 35.5. The molecule has 0 spiro atoms. The number of amides is 1. The van der Waals surface area contributed by atoms with Crippen LogP contribution in [-0.4, -0.2) is 41.7 Å². The summed E-state index contributed by atoms with van der Waals surface area (Å²) < 4.78 is 84.8. The van der Waals surface area contributed by atoms with Crippen molar-refractivity contribution >= 4 is 58.4 Å². The van der Waals surface area contributed by atoms with Crippen LogP contribution < -0.4 is 0 Å². The number of rotatable bonds is 3. The van der Waals surface area contributed by atoms with Gasteiger partial charge >= 0.3 is 6.18 Å². The number of nitrogens with zero attached hydrogens (tertiary/aromatic N) is 2. The van der Waals surface area contributed by atoms with Gasteiger partial charge in [0.2, 0.25) is 0 Å². The molecule has 0 radical (unpaired) electrons. The summed E-state index contributed by atoms with van der Waals surface area (Å²) in [6, 6.07) is 5.61. The van der Waals surface area contributed by atoms with Gasteiger partial charge in [-0.1, -0.05) is 40.9 Å². The van der Waals surface area contributed by atoms with Crippen molar-refractivity contribution in [1.29, 1.82) is 0 Å². The molecule has 1 amide bonds. The third kappa shape index (κ3) is 4.50. The number of benzene rings is 2. The molecule has 0 aliphatic carbocycles. The molecule has 1 atom stereocenters. The van der Waals surface area contributed by atoms with Gasteiger partial charge in [0.05, 0.1) is 32.9 Å². The zero-order valence-electron chi connectivity index (χ0n) is 16.8. The van der Waals surface area contributed by atoms with Crippen molar-refractivity contribution in [1.82, 2.24) is 4.90 Å². The maximum atomic E-state index is 14.2. The fourth-order valence-corrected chi connectivity index (χ4v) is 5.51. The molecule has 0 saturated carbocycles. The number of carbonyl (C=O) groups excluding carboxylic acids is 1. The molecule has 0 bridgehead atoms. The van der Waals surface area contributed by atoms with Gasteiger partial charge in [-0.3, -0.25) is 4.79 Å². The molecule has 182 valence electrons. The number of halogens is 9. The molecule has 0 aromatic heterocycles. The van der Waals surface area contributed by atoms with Gasteiger partial charge in [0.25, 0.3) is 11.8 Å². The fraction of sp³-hybridized carbons (Fsp3) is 0.333. The summed E-state index contributed by atoms with van der Waals surface area (Å²) in [6.45, 7) is -0.867. The van der Waals surface area contributed by atoms with E-state index in [1.165, 1.54) is 18.2 Å². The van der Waals surface area contributed by atoms with Crippen molar-refractivity contribution in [3.8, 4) is 0 Å². The van der Waals surface area contributed by atoms with Gasteiger partial charge in [-0.15, -0.1) is 0 Å². The van der Waals surface area contributed by atoms with Crippen LogP contribution in [0.25, 0.3) is 0 Å². The van der Waals surface area contributed by atoms with Gasteiger partial charge < -0.3 is 4.90 Å². The third-order valence-corrected chi connectivity index (χ3v) is 7.72. The highest BCUT2D eigenvalue weighted by molar-refractivity contribution is 7.99. The highest BCUT2D eigenvalue weighted by Gasteiger charge is 2.60. The molecule has 3 nitrogen and oxygen atoms in total. The Kier molecular flexibility index (Phi) is 6.59. The van der Waals surface area contributed by atoms with Crippen molar-refractivity contribution < 1.29 is 31.1 Å². The van der Waals surface area contributed by atoms with Gasteiger partial charge in [0, 0.05) is 19.4 Å². The first kappa shape index (κ1) is 25.5. The molecule has 0 N–H and O–H groups in total. The number of hydrogen-bond donors (Lipinski definition) is 0. The van der Waals surface area contributed by atoms with Crippen LogP contribution >= 0.6 is 46.8 Å². The monoisotopic (exact) mass is 560 g/mol. The SMILES string of the molecule is O=C(c1ccc(C2=NSC(c3cc(Cl)c(F)c(Cl)c3)(C(F)(F)F)C2)cc1Cl)N1CCC(F)(F)C1. The third-order valence-electron chi connectivity index (χ3n) is 5.63. The molecular formula is C21H13Cl3F6N2OS. The van der Waals surface area contributed by atoms with E-state index in [9.17, 15) is 31.1 Å². The first-order valence-corrected chi connectivity index (χ1v) is 11.6. The van der Waals surface area contributed by atoms with Crippen molar-refractivity contribution in [2.24, 2.45) is 4.40 Å². The fourth-order valence-electron chi connectivity index (χ4n) is 3.79. The highest BCUT2D eigenvalue weighted by Crippen LogP contribution is 2.57. The normalized spacial score (nSPS) is 22.3. The summed E-state index contributed by atoms with van der Waals surface area (Å²) in [6.07, 6.45) is -5.91. The topological polar surface area (TPSA) is 32.7 Å². The Bertz CT molecular complexity index is 1180. The Balaban J connectivity index is 1.63. The predicted octanol–water partition coefficient (Wildman–Crippen LogP) is 7.57. The zero-order chi connectivity index (χ0) is 25.1. The minimum absolute atomic E-state index is 0.0208. The average Bonchev–Trinajstić information content (AvgIpc) is 3.35. The van der Waals surface area contributed by atoms with Gasteiger partial charge in [-0.05, 0) is 47.3 Å². The number of likely N-dealkylation sites (tertiary alicyclic amines) is 1. The summed E-state index contributed by atoms with van der Waals surface area (Å²) in [5, 5.41) is -1.22. The van der Waals surface area contributed by atoms with E-state index in [0.717, 1.165) is 17.0 Å². The standard InChI is InChI=1S/C21H13Cl3F6N2OS/c22-13-5-10(1-2-12(13)18(33)32-4-3-19(26,27)9-32)16-8-20(34-31-16,21(28,29)30)11-6-14(23)17(25)15(24)7-11/h1-2,5-7H,3-4,8-9H2. The Morgan fingerprint density at radius 3 is 2.24 bits per heavy atom. The van der Waals surface area contributed by atoms with E-state index >= 15 is 0 Å². The Morgan fingerprint density at radius 2 is 1.71 bits per heavy atom. The summed E-state index contributed by atoms with van der Waals surface area (Å²) in [7, 11) is 0. The van der Waals surface area contributed by atoms with Crippen LogP contribution in [0.3, 0.4) is 0 Å². The molecular weight excluding hydrogens is 549 g/mol. The lowest BCUT2D eigenvalue weighted by Crippen LogP contribution is -2.38. The minimum Gasteiger partial charge on any atom is -0.332 e. The van der Waals surface area contributed by atoms with E-state index in [-0.39, 0.29) is 45.9 Å². The number of hydrogen-bond acceptors (Lipinski definition) is 3. The van der Waals surface area contributed by atoms with E-state index in [0.29, 0.717) is 0 Å². The van der Waals surface area contributed by atoms with Crippen LogP contribution in [0.4, 0.5) is 26.3 Å². The summed E-state index contributed by atoms with van der Waals surface area (Å²) in [5.74, 6) is -4.71. The second-order valence-corrected chi connectivity index (χ2v) is 10.2. The van der Waals surface area contributed by atoms with Crippen LogP contribution in [-0.2, 0) is 4.75 Å². The summed E-state index contributed by atoms with van der Waals surface area (Å²) in [5.41, 5.74) is -0.180. The largest absolute Gasteiger partial charge is 0.409 e. The molecule has 1 fully saturated rings. The first-order valence-electron chi connectivity index (χ1n) is 9.68. The molecule has 2 aromatic carbocycles. The smallest absolute Gasteiger partial charge is 0.332 e. The van der Waals surface area contributed by atoms with Crippen molar-refractivity contribution in [2.75, 3.05) is 13.1 Å².